The number of benzene rings is 1. The van der Waals surface area contributed by atoms with E-state index in [1.54, 1.807) is 6.07 Å². The van der Waals surface area contributed by atoms with Gasteiger partial charge in [0.2, 0.25) is 0 Å². The summed E-state index contributed by atoms with van der Waals surface area (Å²) in [6.07, 6.45) is 0.868. The normalized spacial score (nSPS) is 12.7. The van der Waals surface area contributed by atoms with Crippen LogP contribution >= 0.6 is 15.9 Å². The Bertz CT molecular complexity index is 438. The molecule has 0 amide bonds. The van der Waals surface area contributed by atoms with Gasteiger partial charge in [-0.15, -0.1) is 0 Å². The molecule has 0 radical (unpaired) electrons. The van der Waals surface area contributed by atoms with Crippen molar-refractivity contribution in [2.75, 3.05) is 6.61 Å². The molecule has 0 spiro atoms. The monoisotopic (exact) mass is 330 g/mol. The van der Waals surface area contributed by atoms with Crippen LogP contribution in [-0.2, 0) is 6.54 Å². The molecule has 0 saturated heterocycles. The van der Waals surface area contributed by atoms with E-state index in [-0.39, 0.29) is 18.3 Å². The quantitative estimate of drug-likeness (QED) is 0.595. The second-order valence-corrected chi connectivity index (χ2v) is 5.88. The minimum atomic E-state index is -0.411. The Morgan fingerprint density at radius 1 is 1.42 bits per heavy atom. The first-order chi connectivity index (χ1) is 8.92. The molecule has 5 nitrogen and oxygen atoms in total. The number of halogens is 1. The first-order valence-corrected chi connectivity index (χ1v) is 6.99. The number of nitrogens with zero attached hydrogens (tertiary/aromatic N) is 1. The molecule has 106 valence electrons. The van der Waals surface area contributed by atoms with Crippen LogP contribution in [0, 0.1) is 16.0 Å². The Morgan fingerprint density at radius 3 is 2.63 bits per heavy atom. The van der Waals surface area contributed by atoms with Crippen molar-refractivity contribution in [1.29, 1.82) is 0 Å². The van der Waals surface area contributed by atoms with Crippen molar-refractivity contribution in [3.63, 3.8) is 0 Å². The minimum Gasteiger partial charge on any atom is -0.395 e. The highest BCUT2D eigenvalue weighted by Gasteiger charge is 2.12. The number of nitrogens with one attached hydrogen (secondary N) is 1. The topological polar surface area (TPSA) is 75.4 Å². The zero-order valence-corrected chi connectivity index (χ0v) is 12.7. The van der Waals surface area contributed by atoms with Crippen LogP contribution in [-0.4, -0.2) is 22.7 Å². The molecule has 2 N–H and O–H groups in total. The summed E-state index contributed by atoms with van der Waals surface area (Å²) >= 11 is 3.26. The molecular formula is C13H19BrN2O3. The lowest BCUT2D eigenvalue weighted by molar-refractivity contribution is -0.385. The molecule has 0 fully saturated rings. The minimum absolute atomic E-state index is 0.0121. The number of non-ortho nitro benzene ring substituents is 1. The van der Waals surface area contributed by atoms with E-state index in [2.05, 4.69) is 35.1 Å². The summed E-state index contributed by atoms with van der Waals surface area (Å²) in [6.45, 7) is 4.75. The number of hydrogen-bond acceptors (Lipinski definition) is 4. The SMILES string of the molecule is CC(C)CC(CO)NCc1cc(Br)cc([N+](=O)[O-])c1. The number of nitro groups is 1. The molecule has 0 bridgehead atoms. The van der Waals surface area contributed by atoms with Crippen LogP contribution < -0.4 is 5.32 Å². The highest BCUT2D eigenvalue weighted by molar-refractivity contribution is 9.10. The third-order valence-electron chi connectivity index (χ3n) is 2.72. The summed E-state index contributed by atoms with van der Waals surface area (Å²) in [5.41, 5.74) is 0.888. The summed E-state index contributed by atoms with van der Waals surface area (Å²) in [6, 6.07) is 4.87. The maximum Gasteiger partial charge on any atom is 0.270 e. The van der Waals surface area contributed by atoms with Crippen molar-refractivity contribution in [2.45, 2.75) is 32.9 Å². The van der Waals surface area contributed by atoms with Gasteiger partial charge >= 0.3 is 0 Å². The van der Waals surface area contributed by atoms with Gasteiger partial charge in [0.15, 0.2) is 0 Å². The van der Waals surface area contributed by atoms with Gasteiger partial charge in [-0.05, 0) is 24.0 Å². The lowest BCUT2D eigenvalue weighted by Gasteiger charge is -2.18. The zero-order valence-electron chi connectivity index (χ0n) is 11.1. The summed E-state index contributed by atoms with van der Waals surface area (Å²) in [5, 5.41) is 23.3. The highest BCUT2D eigenvalue weighted by atomic mass is 79.9. The van der Waals surface area contributed by atoms with Crippen molar-refractivity contribution in [1.82, 2.24) is 5.32 Å². The first-order valence-electron chi connectivity index (χ1n) is 6.20. The smallest absolute Gasteiger partial charge is 0.270 e. The lowest BCUT2D eigenvalue weighted by atomic mass is 10.0. The fourth-order valence-electron chi connectivity index (χ4n) is 1.89. The molecule has 1 aromatic carbocycles. The van der Waals surface area contributed by atoms with Crippen molar-refractivity contribution in [2.24, 2.45) is 5.92 Å². The molecule has 0 heterocycles. The van der Waals surface area contributed by atoms with Gasteiger partial charge in [0, 0.05) is 29.2 Å². The Kier molecular flexibility index (Phi) is 6.41. The molecule has 0 aliphatic heterocycles. The van der Waals surface area contributed by atoms with Gasteiger partial charge in [-0.1, -0.05) is 29.8 Å². The highest BCUT2D eigenvalue weighted by Crippen LogP contribution is 2.21. The van der Waals surface area contributed by atoms with Crippen molar-refractivity contribution in [3.05, 3.63) is 38.3 Å². The Hall–Kier alpha value is -0.980. The summed E-state index contributed by atoms with van der Waals surface area (Å²) in [5.74, 6) is 0.487. The standard InChI is InChI=1S/C13H19BrN2O3/c1-9(2)3-12(8-17)15-7-10-4-11(14)6-13(5-10)16(18)19/h4-6,9,12,15,17H,3,7-8H2,1-2H3. The predicted octanol–water partition coefficient (Wildman–Crippen LogP) is 2.85. The van der Waals surface area contributed by atoms with Crippen molar-refractivity contribution in [3.8, 4) is 0 Å². The van der Waals surface area contributed by atoms with Gasteiger partial charge in [0.25, 0.3) is 5.69 Å². The first kappa shape index (κ1) is 16.1. The Labute approximate surface area is 121 Å². The van der Waals surface area contributed by atoms with Crippen molar-refractivity contribution < 1.29 is 10.0 Å². The third-order valence-corrected chi connectivity index (χ3v) is 3.18. The Morgan fingerprint density at radius 2 is 2.11 bits per heavy atom. The maximum absolute atomic E-state index is 10.8. The average Bonchev–Trinajstić information content (AvgIpc) is 2.33. The third kappa shape index (κ3) is 5.67. The molecule has 19 heavy (non-hydrogen) atoms. The summed E-state index contributed by atoms with van der Waals surface area (Å²) < 4.78 is 0.683. The molecule has 0 saturated carbocycles. The van der Waals surface area contributed by atoms with E-state index in [0.29, 0.717) is 16.9 Å². The summed E-state index contributed by atoms with van der Waals surface area (Å²) in [7, 11) is 0. The van der Waals surface area contributed by atoms with E-state index < -0.39 is 4.92 Å². The van der Waals surface area contributed by atoms with Gasteiger partial charge in [0.05, 0.1) is 11.5 Å². The molecule has 1 aromatic rings. The predicted molar refractivity (Wildman–Crippen MR) is 78.0 cm³/mol. The molecule has 6 heteroatoms. The van der Waals surface area contributed by atoms with Crippen LogP contribution in [0.3, 0.4) is 0 Å². The van der Waals surface area contributed by atoms with Gasteiger partial charge in [-0.25, -0.2) is 0 Å². The molecule has 1 atom stereocenters. The molecule has 0 aliphatic rings. The number of nitro benzene ring substituents is 1. The Balaban J connectivity index is 2.68. The van der Waals surface area contributed by atoms with Crippen molar-refractivity contribution >= 4 is 21.6 Å². The summed E-state index contributed by atoms with van der Waals surface area (Å²) in [4.78, 5) is 10.4. The zero-order chi connectivity index (χ0) is 14.4. The second kappa shape index (κ2) is 7.57. The number of rotatable bonds is 7. The molecule has 1 unspecified atom stereocenters. The fourth-order valence-corrected chi connectivity index (χ4v) is 2.42. The van der Waals surface area contributed by atoms with Crippen LogP contribution in [0.5, 0.6) is 0 Å². The van der Waals surface area contributed by atoms with E-state index >= 15 is 0 Å². The van der Waals surface area contributed by atoms with E-state index in [4.69, 9.17) is 0 Å². The molecule has 1 rings (SSSR count). The maximum atomic E-state index is 10.8. The fraction of sp³-hybridized carbons (Fsp3) is 0.538. The van der Waals surface area contributed by atoms with Gasteiger partial charge in [0.1, 0.15) is 0 Å². The van der Waals surface area contributed by atoms with Crippen LogP contribution in [0.1, 0.15) is 25.8 Å². The second-order valence-electron chi connectivity index (χ2n) is 4.96. The largest absolute Gasteiger partial charge is 0.395 e. The van der Waals surface area contributed by atoms with Crippen LogP contribution in [0.2, 0.25) is 0 Å². The van der Waals surface area contributed by atoms with E-state index in [1.165, 1.54) is 6.07 Å². The van der Waals surface area contributed by atoms with Gasteiger partial charge in [-0.2, -0.15) is 0 Å². The van der Waals surface area contributed by atoms with E-state index in [9.17, 15) is 15.2 Å². The molecule has 0 aromatic heterocycles. The average molecular weight is 331 g/mol. The van der Waals surface area contributed by atoms with Crippen LogP contribution in [0.15, 0.2) is 22.7 Å². The molecular weight excluding hydrogens is 312 g/mol. The molecule has 0 aliphatic carbocycles. The number of hydrogen-bond donors (Lipinski definition) is 2. The number of aliphatic hydroxyl groups is 1. The van der Waals surface area contributed by atoms with Gasteiger partial charge in [-0.3, -0.25) is 10.1 Å². The number of aliphatic hydroxyl groups excluding tert-OH is 1. The van der Waals surface area contributed by atoms with Crippen LogP contribution in [0.25, 0.3) is 0 Å². The lowest BCUT2D eigenvalue weighted by Crippen LogP contribution is -2.33. The van der Waals surface area contributed by atoms with E-state index in [1.807, 2.05) is 6.07 Å². The van der Waals surface area contributed by atoms with Gasteiger partial charge < -0.3 is 10.4 Å². The van der Waals surface area contributed by atoms with E-state index in [0.717, 1.165) is 12.0 Å². The van der Waals surface area contributed by atoms with Crippen LogP contribution in [0.4, 0.5) is 5.69 Å².